The van der Waals surface area contributed by atoms with E-state index in [2.05, 4.69) is 12.2 Å². The Kier molecular flexibility index (Phi) is 9.86. The van der Waals surface area contributed by atoms with Crippen molar-refractivity contribution in [1.29, 1.82) is 0 Å². The molecule has 0 bridgehead atoms. The largest absolute Gasteiger partial charge is 0.460 e. The molecule has 3 aromatic carbocycles. The predicted molar refractivity (Wildman–Crippen MR) is 139 cm³/mol. The Bertz CT molecular complexity index is 1070. The van der Waals surface area contributed by atoms with Crippen molar-refractivity contribution in [2.45, 2.75) is 64.0 Å². The highest BCUT2D eigenvalue weighted by Crippen LogP contribution is 2.27. The van der Waals surface area contributed by atoms with Crippen LogP contribution in [0, 0.1) is 0 Å². The number of ether oxygens (including phenoxy) is 4. The van der Waals surface area contributed by atoms with E-state index in [1.165, 1.54) is 6.92 Å². The maximum absolute atomic E-state index is 12.0. The van der Waals surface area contributed by atoms with Crippen LogP contribution in [0.5, 0.6) is 0 Å². The molecule has 1 aliphatic carbocycles. The summed E-state index contributed by atoms with van der Waals surface area (Å²) in [5.74, 6) is -0.332. The highest BCUT2D eigenvalue weighted by molar-refractivity contribution is 5.66. The highest BCUT2D eigenvalue weighted by atomic mass is 16.6. The van der Waals surface area contributed by atoms with Crippen molar-refractivity contribution in [1.82, 2.24) is 0 Å². The molecule has 0 aromatic heterocycles. The van der Waals surface area contributed by atoms with Crippen LogP contribution in [0.25, 0.3) is 0 Å². The van der Waals surface area contributed by atoms with Gasteiger partial charge in [-0.3, -0.25) is 4.79 Å². The van der Waals surface area contributed by atoms with Gasteiger partial charge in [-0.05, 0) is 29.5 Å². The van der Waals surface area contributed by atoms with E-state index in [1.807, 2.05) is 91.0 Å². The minimum absolute atomic E-state index is 0.332. The number of rotatable bonds is 10. The van der Waals surface area contributed by atoms with Crippen molar-refractivity contribution in [3.05, 3.63) is 120 Å². The molecule has 0 radical (unpaired) electrons. The van der Waals surface area contributed by atoms with E-state index >= 15 is 0 Å². The van der Waals surface area contributed by atoms with E-state index < -0.39 is 18.3 Å². The van der Waals surface area contributed by atoms with Gasteiger partial charge >= 0.3 is 5.97 Å². The Balaban J connectivity index is 1.61. The first-order chi connectivity index (χ1) is 17.7. The molecule has 4 rings (SSSR count). The summed E-state index contributed by atoms with van der Waals surface area (Å²) in [5.41, 5.74) is 3.17. The summed E-state index contributed by atoms with van der Waals surface area (Å²) in [6, 6.07) is 30.1. The normalized spacial score (nSPS) is 22.8. The Morgan fingerprint density at radius 3 is 1.67 bits per heavy atom. The fourth-order valence-corrected chi connectivity index (χ4v) is 4.34. The lowest BCUT2D eigenvalue weighted by molar-refractivity contribution is -0.188. The lowest BCUT2D eigenvalue weighted by Crippen LogP contribution is -2.50. The predicted octanol–water partition coefficient (Wildman–Crippen LogP) is 6.02. The van der Waals surface area contributed by atoms with Gasteiger partial charge in [0.05, 0.1) is 19.8 Å². The van der Waals surface area contributed by atoms with Crippen molar-refractivity contribution in [3.8, 4) is 0 Å². The van der Waals surface area contributed by atoms with E-state index in [0.29, 0.717) is 26.2 Å². The second-order valence-electron chi connectivity index (χ2n) is 8.94. The molecular formula is C31H34O5. The maximum Gasteiger partial charge on any atom is 0.302 e. The molecule has 0 fully saturated rings. The van der Waals surface area contributed by atoms with Crippen LogP contribution < -0.4 is 0 Å². The van der Waals surface area contributed by atoms with Crippen LogP contribution in [-0.2, 0) is 43.6 Å². The Morgan fingerprint density at radius 2 is 1.17 bits per heavy atom. The van der Waals surface area contributed by atoms with Crippen LogP contribution in [0.4, 0.5) is 0 Å². The molecule has 0 heterocycles. The van der Waals surface area contributed by atoms with Gasteiger partial charge in [-0.25, -0.2) is 0 Å². The molecule has 4 atom stereocenters. The number of carbonyl (C=O) groups excluding carboxylic acids is 1. The third kappa shape index (κ3) is 7.89. The molecule has 0 spiro atoms. The zero-order valence-corrected chi connectivity index (χ0v) is 20.7. The average Bonchev–Trinajstić information content (AvgIpc) is 2.90. The Labute approximate surface area is 213 Å². The number of allylic oxidation sites excluding steroid dienone is 1. The van der Waals surface area contributed by atoms with E-state index in [-0.39, 0.29) is 12.1 Å². The Hall–Kier alpha value is -3.25. The second kappa shape index (κ2) is 13.7. The van der Waals surface area contributed by atoms with Crippen molar-refractivity contribution in [3.63, 3.8) is 0 Å². The molecule has 3 aromatic rings. The number of hydrogen-bond acceptors (Lipinski definition) is 5. The fraction of sp³-hybridized carbons (Fsp3) is 0.323. The third-order valence-electron chi connectivity index (χ3n) is 6.13. The van der Waals surface area contributed by atoms with Crippen molar-refractivity contribution in [2.24, 2.45) is 0 Å². The smallest absolute Gasteiger partial charge is 0.302 e. The van der Waals surface area contributed by atoms with Gasteiger partial charge in [-0.1, -0.05) is 103 Å². The third-order valence-corrected chi connectivity index (χ3v) is 6.13. The zero-order valence-electron chi connectivity index (χ0n) is 20.7. The molecule has 1 aliphatic rings. The van der Waals surface area contributed by atoms with Gasteiger partial charge in [-0.2, -0.15) is 0 Å². The molecule has 0 N–H and O–H groups in total. The van der Waals surface area contributed by atoms with Gasteiger partial charge in [0.2, 0.25) is 0 Å². The summed E-state index contributed by atoms with van der Waals surface area (Å²) in [4.78, 5) is 12.0. The van der Waals surface area contributed by atoms with Crippen LogP contribution in [-0.4, -0.2) is 30.4 Å². The number of esters is 1. The van der Waals surface area contributed by atoms with Crippen LogP contribution in [0.15, 0.2) is 103 Å². The summed E-state index contributed by atoms with van der Waals surface area (Å²) >= 11 is 0. The van der Waals surface area contributed by atoms with E-state index in [9.17, 15) is 4.79 Å². The zero-order chi connectivity index (χ0) is 25.0. The number of hydrogen-bond donors (Lipinski definition) is 0. The summed E-state index contributed by atoms with van der Waals surface area (Å²) in [6.45, 7) is 2.64. The summed E-state index contributed by atoms with van der Waals surface area (Å²) in [6.07, 6.45) is 3.70. The quantitative estimate of drug-likeness (QED) is 0.259. The van der Waals surface area contributed by atoms with Gasteiger partial charge in [0.1, 0.15) is 24.4 Å². The lowest BCUT2D eigenvalue weighted by atomic mass is 9.95. The maximum atomic E-state index is 12.0. The first-order valence-electron chi connectivity index (χ1n) is 12.5. The SMILES string of the molecule is CC(=O)O[C@@H]1CC/C=C\[C@@H](OCc2ccccc2)[C@H](OCc2ccccc2)[C@H]1OCc1ccccc1. The second-order valence-corrected chi connectivity index (χ2v) is 8.94. The van der Waals surface area contributed by atoms with Crippen molar-refractivity contribution in [2.75, 3.05) is 0 Å². The topological polar surface area (TPSA) is 54.0 Å². The standard InChI is InChI=1S/C31H34O5/c1-24(32)36-29-20-12-11-19-28(33-21-25-13-5-2-6-14-25)30(34-22-26-15-7-3-8-16-26)31(29)35-23-27-17-9-4-10-18-27/h2-11,13-19,28-31H,12,20-23H2,1H3/b19-11-/t28-,29-,30+,31+/m1/s1. The van der Waals surface area contributed by atoms with Crippen LogP contribution in [0.3, 0.4) is 0 Å². The molecule has 188 valence electrons. The van der Waals surface area contributed by atoms with Gasteiger partial charge in [0.15, 0.2) is 0 Å². The average molecular weight is 487 g/mol. The summed E-state index contributed by atoms with van der Waals surface area (Å²) in [5, 5.41) is 0. The van der Waals surface area contributed by atoms with E-state index in [4.69, 9.17) is 18.9 Å². The molecule has 0 saturated heterocycles. The molecule has 5 nitrogen and oxygen atoms in total. The summed E-state index contributed by atoms with van der Waals surface area (Å²) in [7, 11) is 0. The molecular weight excluding hydrogens is 452 g/mol. The molecule has 0 unspecified atom stereocenters. The van der Waals surface area contributed by atoms with Gasteiger partial charge in [0.25, 0.3) is 0 Å². The van der Waals surface area contributed by atoms with Crippen LogP contribution >= 0.6 is 0 Å². The minimum Gasteiger partial charge on any atom is -0.460 e. The first-order valence-corrected chi connectivity index (χ1v) is 12.5. The molecule has 0 saturated carbocycles. The molecule has 36 heavy (non-hydrogen) atoms. The highest BCUT2D eigenvalue weighted by Gasteiger charge is 2.39. The van der Waals surface area contributed by atoms with E-state index in [0.717, 1.165) is 23.1 Å². The Morgan fingerprint density at radius 1 is 0.694 bits per heavy atom. The van der Waals surface area contributed by atoms with Crippen molar-refractivity contribution < 1.29 is 23.7 Å². The summed E-state index contributed by atoms with van der Waals surface area (Å²) < 4.78 is 25.2. The molecule has 5 heteroatoms. The van der Waals surface area contributed by atoms with Crippen LogP contribution in [0.2, 0.25) is 0 Å². The molecule has 0 amide bonds. The van der Waals surface area contributed by atoms with Gasteiger partial charge < -0.3 is 18.9 Å². The van der Waals surface area contributed by atoms with Gasteiger partial charge in [-0.15, -0.1) is 0 Å². The monoisotopic (exact) mass is 486 g/mol. The fourth-order valence-electron chi connectivity index (χ4n) is 4.34. The first kappa shape index (κ1) is 25.8. The van der Waals surface area contributed by atoms with E-state index in [1.54, 1.807) is 0 Å². The molecule has 0 aliphatic heterocycles. The lowest BCUT2D eigenvalue weighted by Gasteiger charge is -2.37. The number of benzene rings is 3. The van der Waals surface area contributed by atoms with Gasteiger partial charge in [0, 0.05) is 6.92 Å². The number of carbonyl (C=O) groups is 1. The minimum atomic E-state index is -0.511. The van der Waals surface area contributed by atoms with Crippen molar-refractivity contribution >= 4 is 5.97 Å². The van der Waals surface area contributed by atoms with Crippen LogP contribution in [0.1, 0.15) is 36.5 Å².